The van der Waals surface area contributed by atoms with Crippen molar-refractivity contribution in [2.45, 2.75) is 13.5 Å². The summed E-state index contributed by atoms with van der Waals surface area (Å²) < 4.78 is 13.2. The van der Waals surface area contributed by atoms with Gasteiger partial charge < -0.3 is 10.6 Å². The van der Waals surface area contributed by atoms with Crippen LogP contribution >= 0.6 is 11.6 Å². The van der Waals surface area contributed by atoms with Crippen LogP contribution in [0.15, 0.2) is 42.5 Å². The first-order chi connectivity index (χ1) is 10.0. The van der Waals surface area contributed by atoms with Gasteiger partial charge in [-0.25, -0.2) is 4.39 Å². The van der Waals surface area contributed by atoms with E-state index in [0.29, 0.717) is 24.3 Å². The van der Waals surface area contributed by atoms with Crippen molar-refractivity contribution in [3.05, 3.63) is 64.4 Å². The molecular formula is C16H16ClFN2O. The number of amides is 1. The van der Waals surface area contributed by atoms with Gasteiger partial charge in [0, 0.05) is 24.3 Å². The Morgan fingerprint density at radius 1 is 1.24 bits per heavy atom. The third-order valence-electron chi connectivity index (χ3n) is 3.19. The van der Waals surface area contributed by atoms with Crippen LogP contribution in [-0.2, 0) is 6.54 Å². The molecule has 1 amide bonds. The van der Waals surface area contributed by atoms with E-state index < -0.39 is 5.82 Å². The van der Waals surface area contributed by atoms with Crippen molar-refractivity contribution in [2.75, 3.05) is 12.3 Å². The monoisotopic (exact) mass is 306 g/mol. The van der Waals surface area contributed by atoms with Gasteiger partial charge in [0.05, 0.1) is 5.02 Å². The minimum absolute atomic E-state index is 0.0515. The lowest BCUT2D eigenvalue weighted by atomic mass is 10.1. The molecule has 2 rings (SSSR count). The molecule has 5 heteroatoms. The maximum Gasteiger partial charge on any atom is 0.254 e. The number of benzene rings is 2. The van der Waals surface area contributed by atoms with Gasteiger partial charge in [-0.2, -0.15) is 0 Å². The molecule has 2 N–H and O–H groups in total. The molecule has 0 aliphatic rings. The summed E-state index contributed by atoms with van der Waals surface area (Å²) >= 11 is 5.72. The van der Waals surface area contributed by atoms with Gasteiger partial charge in [0.1, 0.15) is 5.82 Å². The summed E-state index contributed by atoms with van der Waals surface area (Å²) in [5.74, 6) is -0.717. The average Bonchev–Trinajstić information content (AvgIpc) is 2.49. The Morgan fingerprint density at radius 2 is 1.90 bits per heavy atom. The Bertz CT molecular complexity index is 643. The highest BCUT2D eigenvalue weighted by molar-refractivity contribution is 6.31. The summed E-state index contributed by atoms with van der Waals surface area (Å²) in [4.78, 5) is 14.1. The highest BCUT2D eigenvalue weighted by atomic mass is 35.5. The van der Waals surface area contributed by atoms with Crippen LogP contribution in [-0.4, -0.2) is 17.4 Å². The lowest BCUT2D eigenvalue weighted by Gasteiger charge is -2.21. The second-order valence-electron chi connectivity index (χ2n) is 4.69. The van der Waals surface area contributed by atoms with E-state index in [2.05, 4.69) is 0 Å². The van der Waals surface area contributed by atoms with Crippen molar-refractivity contribution in [2.24, 2.45) is 0 Å². The number of anilines is 1. The molecule has 0 aliphatic carbocycles. The van der Waals surface area contributed by atoms with E-state index in [1.807, 2.05) is 19.1 Å². The van der Waals surface area contributed by atoms with Gasteiger partial charge in [-0.1, -0.05) is 23.7 Å². The molecule has 0 bridgehead atoms. The number of nitrogen functional groups attached to an aromatic ring is 1. The summed E-state index contributed by atoms with van der Waals surface area (Å²) in [5, 5.41) is -0.0515. The fraction of sp³-hybridized carbons (Fsp3) is 0.188. The predicted octanol–water partition coefficient (Wildman–Crippen LogP) is 3.72. The molecule has 0 spiro atoms. The van der Waals surface area contributed by atoms with Gasteiger partial charge in [-0.15, -0.1) is 0 Å². The van der Waals surface area contributed by atoms with Crippen molar-refractivity contribution >= 4 is 23.2 Å². The van der Waals surface area contributed by atoms with Gasteiger partial charge in [0.15, 0.2) is 0 Å². The molecule has 0 atom stereocenters. The summed E-state index contributed by atoms with van der Waals surface area (Å²) in [6.45, 7) is 2.89. The van der Waals surface area contributed by atoms with Gasteiger partial charge in [0.2, 0.25) is 0 Å². The third kappa shape index (κ3) is 3.73. The summed E-state index contributed by atoms with van der Waals surface area (Å²) in [5.41, 5.74) is 7.67. The number of nitrogens with zero attached hydrogens (tertiary/aromatic N) is 1. The molecule has 0 saturated carbocycles. The van der Waals surface area contributed by atoms with Crippen LogP contribution in [0, 0.1) is 5.82 Å². The molecule has 0 radical (unpaired) electrons. The van der Waals surface area contributed by atoms with E-state index in [4.69, 9.17) is 17.3 Å². The second kappa shape index (κ2) is 6.59. The number of rotatable bonds is 4. The number of halogens is 2. The molecule has 0 fully saturated rings. The number of hydrogen-bond donors (Lipinski definition) is 1. The van der Waals surface area contributed by atoms with Crippen molar-refractivity contribution in [1.29, 1.82) is 0 Å². The molecular weight excluding hydrogens is 291 g/mol. The molecule has 2 aromatic carbocycles. The van der Waals surface area contributed by atoms with Crippen molar-refractivity contribution in [3.63, 3.8) is 0 Å². The number of hydrogen-bond acceptors (Lipinski definition) is 2. The fourth-order valence-corrected chi connectivity index (χ4v) is 2.16. The van der Waals surface area contributed by atoms with Crippen LogP contribution in [0.5, 0.6) is 0 Å². The molecule has 110 valence electrons. The van der Waals surface area contributed by atoms with Crippen molar-refractivity contribution in [1.82, 2.24) is 4.90 Å². The highest BCUT2D eigenvalue weighted by Gasteiger charge is 2.16. The van der Waals surface area contributed by atoms with Gasteiger partial charge >= 0.3 is 0 Å². The average molecular weight is 307 g/mol. The number of carbonyl (C=O) groups is 1. The third-order valence-corrected chi connectivity index (χ3v) is 3.48. The van der Waals surface area contributed by atoms with E-state index in [1.165, 1.54) is 18.2 Å². The lowest BCUT2D eigenvalue weighted by molar-refractivity contribution is 0.0752. The van der Waals surface area contributed by atoms with Crippen LogP contribution in [0.3, 0.4) is 0 Å². The van der Waals surface area contributed by atoms with Crippen LogP contribution in [0.25, 0.3) is 0 Å². The molecule has 3 nitrogen and oxygen atoms in total. The molecule has 0 heterocycles. The SMILES string of the molecule is CCN(Cc1ccc(N)cc1)C(=O)c1ccc(F)c(Cl)c1. The van der Waals surface area contributed by atoms with Crippen LogP contribution in [0.2, 0.25) is 5.02 Å². The number of carbonyl (C=O) groups excluding carboxylic acids is 1. The van der Waals surface area contributed by atoms with Gasteiger partial charge in [0.25, 0.3) is 5.91 Å². The van der Waals surface area contributed by atoms with Crippen LogP contribution in [0.4, 0.5) is 10.1 Å². The van der Waals surface area contributed by atoms with E-state index in [1.54, 1.807) is 17.0 Å². The summed E-state index contributed by atoms with van der Waals surface area (Å²) in [6, 6.07) is 11.3. The topological polar surface area (TPSA) is 46.3 Å². The standard InChI is InChI=1S/C16H16ClFN2O/c1-2-20(10-11-3-6-13(19)7-4-11)16(21)12-5-8-15(18)14(17)9-12/h3-9H,2,10,19H2,1H3. The zero-order valence-corrected chi connectivity index (χ0v) is 12.4. The molecule has 0 aliphatic heterocycles. The van der Waals surface area contributed by atoms with Crippen molar-refractivity contribution in [3.8, 4) is 0 Å². The Morgan fingerprint density at radius 3 is 2.48 bits per heavy atom. The number of nitrogens with two attached hydrogens (primary N) is 1. The maximum atomic E-state index is 13.2. The lowest BCUT2D eigenvalue weighted by Crippen LogP contribution is -2.30. The van der Waals surface area contributed by atoms with Crippen LogP contribution < -0.4 is 5.73 Å². The first-order valence-corrected chi connectivity index (χ1v) is 6.97. The first-order valence-electron chi connectivity index (χ1n) is 6.60. The zero-order valence-electron chi connectivity index (χ0n) is 11.6. The van der Waals surface area contributed by atoms with E-state index >= 15 is 0 Å². The quantitative estimate of drug-likeness (QED) is 0.875. The Labute approximate surface area is 128 Å². The largest absolute Gasteiger partial charge is 0.399 e. The molecule has 21 heavy (non-hydrogen) atoms. The molecule has 0 saturated heterocycles. The van der Waals surface area contributed by atoms with Crippen LogP contribution in [0.1, 0.15) is 22.8 Å². The zero-order chi connectivity index (χ0) is 15.4. The maximum absolute atomic E-state index is 13.2. The second-order valence-corrected chi connectivity index (χ2v) is 5.10. The Balaban J connectivity index is 2.18. The van der Waals surface area contributed by atoms with Crippen molar-refractivity contribution < 1.29 is 9.18 Å². The molecule has 0 unspecified atom stereocenters. The minimum atomic E-state index is -0.533. The minimum Gasteiger partial charge on any atom is -0.399 e. The van der Waals surface area contributed by atoms with E-state index in [-0.39, 0.29) is 10.9 Å². The normalized spacial score (nSPS) is 10.4. The first kappa shape index (κ1) is 15.3. The fourth-order valence-electron chi connectivity index (χ4n) is 1.98. The van der Waals surface area contributed by atoms with Gasteiger partial charge in [-0.05, 0) is 42.8 Å². The van der Waals surface area contributed by atoms with Gasteiger partial charge in [-0.3, -0.25) is 4.79 Å². The summed E-state index contributed by atoms with van der Waals surface area (Å²) in [7, 11) is 0. The Hall–Kier alpha value is -2.07. The van der Waals surface area contributed by atoms with E-state index in [9.17, 15) is 9.18 Å². The highest BCUT2D eigenvalue weighted by Crippen LogP contribution is 2.18. The predicted molar refractivity (Wildman–Crippen MR) is 82.7 cm³/mol. The summed E-state index contributed by atoms with van der Waals surface area (Å²) in [6.07, 6.45) is 0. The molecule has 0 aromatic heterocycles. The smallest absolute Gasteiger partial charge is 0.254 e. The Kier molecular flexibility index (Phi) is 4.81. The van der Waals surface area contributed by atoms with E-state index in [0.717, 1.165) is 5.56 Å². The molecule has 2 aromatic rings.